The van der Waals surface area contributed by atoms with Crippen molar-refractivity contribution in [1.82, 2.24) is 9.97 Å². The summed E-state index contributed by atoms with van der Waals surface area (Å²) in [4.78, 5) is 23.7. The number of benzene rings is 2. The van der Waals surface area contributed by atoms with E-state index in [1.165, 1.54) is 0 Å². The molecule has 10 nitrogen and oxygen atoms in total. The van der Waals surface area contributed by atoms with Crippen LogP contribution in [0.2, 0.25) is 0 Å². The molecule has 3 aromatic rings. The van der Waals surface area contributed by atoms with Crippen molar-refractivity contribution in [2.75, 3.05) is 53.9 Å². The molecular formula is C23H24N6O4. The largest absolute Gasteiger partial charge is 0.454 e. The van der Waals surface area contributed by atoms with Crippen molar-refractivity contribution in [1.29, 1.82) is 0 Å². The highest BCUT2D eigenvalue weighted by Crippen LogP contribution is 2.34. The molecular weight excluding hydrogens is 424 g/mol. The van der Waals surface area contributed by atoms with Gasteiger partial charge in [-0.05, 0) is 43.3 Å². The van der Waals surface area contributed by atoms with Crippen LogP contribution in [0.15, 0.2) is 48.5 Å². The molecule has 2 aliphatic rings. The van der Waals surface area contributed by atoms with Crippen molar-refractivity contribution in [2.24, 2.45) is 0 Å². The van der Waals surface area contributed by atoms with Gasteiger partial charge in [-0.2, -0.15) is 4.98 Å². The summed E-state index contributed by atoms with van der Waals surface area (Å²) >= 11 is 0. The fourth-order valence-corrected chi connectivity index (χ4v) is 3.57. The number of amides is 2. The second-order valence-corrected chi connectivity index (χ2v) is 7.64. The maximum atomic E-state index is 12.3. The Bertz CT molecular complexity index is 1150. The van der Waals surface area contributed by atoms with Crippen molar-refractivity contribution in [2.45, 2.75) is 6.92 Å². The number of carbonyl (C=O) groups is 1. The third-order valence-electron chi connectivity index (χ3n) is 5.18. The Balaban J connectivity index is 1.20. The van der Waals surface area contributed by atoms with Gasteiger partial charge in [-0.1, -0.05) is 0 Å². The normalized spacial score (nSPS) is 14.6. The van der Waals surface area contributed by atoms with Crippen LogP contribution in [0.5, 0.6) is 11.5 Å². The van der Waals surface area contributed by atoms with Gasteiger partial charge in [-0.25, -0.2) is 9.78 Å². The van der Waals surface area contributed by atoms with Crippen molar-refractivity contribution < 1.29 is 19.0 Å². The molecule has 3 N–H and O–H groups in total. The SMILES string of the molecule is Cc1cc(Nc2ccc(NC(=O)Nc3ccc4c(c3)OCO4)cc2)nc(N2CCOCC2)n1. The molecule has 10 heteroatoms. The van der Waals surface area contributed by atoms with Crippen LogP contribution in [-0.4, -0.2) is 49.1 Å². The number of aryl methyl sites for hydroxylation is 1. The Labute approximate surface area is 190 Å². The van der Waals surface area contributed by atoms with Crippen molar-refractivity contribution in [3.63, 3.8) is 0 Å². The minimum Gasteiger partial charge on any atom is -0.454 e. The van der Waals surface area contributed by atoms with Crippen LogP contribution in [0.1, 0.15) is 5.69 Å². The summed E-state index contributed by atoms with van der Waals surface area (Å²) in [7, 11) is 0. The first-order valence-corrected chi connectivity index (χ1v) is 10.7. The Kier molecular flexibility index (Phi) is 5.81. The number of ether oxygens (including phenoxy) is 3. The predicted octanol–water partition coefficient (Wildman–Crippen LogP) is 3.74. The monoisotopic (exact) mass is 448 g/mol. The molecule has 1 fully saturated rings. The molecule has 0 spiro atoms. The summed E-state index contributed by atoms with van der Waals surface area (Å²) in [5.41, 5.74) is 3.01. The Morgan fingerprint density at radius 3 is 2.39 bits per heavy atom. The molecule has 2 amide bonds. The zero-order chi connectivity index (χ0) is 22.6. The van der Waals surface area contributed by atoms with E-state index in [9.17, 15) is 4.79 Å². The Morgan fingerprint density at radius 1 is 0.879 bits per heavy atom. The third kappa shape index (κ3) is 5.07. The van der Waals surface area contributed by atoms with Gasteiger partial charge >= 0.3 is 6.03 Å². The minimum absolute atomic E-state index is 0.189. The molecule has 0 aliphatic carbocycles. The molecule has 170 valence electrons. The Hall–Kier alpha value is -4.05. The van der Waals surface area contributed by atoms with E-state index in [1.807, 2.05) is 37.3 Å². The summed E-state index contributed by atoms with van der Waals surface area (Å²) in [5, 5.41) is 8.91. The lowest BCUT2D eigenvalue weighted by atomic mass is 10.2. The highest BCUT2D eigenvalue weighted by Gasteiger charge is 2.16. The Morgan fingerprint density at radius 2 is 1.58 bits per heavy atom. The van der Waals surface area contributed by atoms with Gasteiger partial charge in [0.1, 0.15) is 5.82 Å². The van der Waals surface area contributed by atoms with Crippen LogP contribution >= 0.6 is 0 Å². The van der Waals surface area contributed by atoms with Crippen LogP contribution in [-0.2, 0) is 4.74 Å². The molecule has 0 unspecified atom stereocenters. The molecule has 0 bridgehead atoms. The number of fused-ring (bicyclic) bond motifs is 1. The molecule has 2 aromatic carbocycles. The van der Waals surface area contributed by atoms with Gasteiger partial charge in [0, 0.05) is 48.0 Å². The van der Waals surface area contributed by atoms with Gasteiger partial charge < -0.3 is 35.1 Å². The van der Waals surface area contributed by atoms with Crippen LogP contribution < -0.4 is 30.3 Å². The number of rotatable bonds is 5. The van der Waals surface area contributed by atoms with Gasteiger partial charge in [0.2, 0.25) is 12.7 Å². The van der Waals surface area contributed by atoms with Crippen LogP contribution in [0, 0.1) is 6.92 Å². The van der Waals surface area contributed by atoms with Gasteiger partial charge in [0.15, 0.2) is 11.5 Å². The average molecular weight is 448 g/mol. The first-order chi connectivity index (χ1) is 16.1. The fourth-order valence-electron chi connectivity index (χ4n) is 3.57. The maximum absolute atomic E-state index is 12.3. The maximum Gasteiger partial charge on any atom is 0.323 e. The molecule has 33 heavy (non-hydrogen) atoms. The average Bonchev–Trinajstić information content (AvgIpc) is 3.28. The highest BCUT2D eigenvalue weighted by molar-refractivity contribution is 6.00. The summed E-state index contributed by atoms with van der Waals surface area (Å²) in [6, 6.07) is 14.2. The summed E-state index contributed by atoms with van der Waals surface area (Å²) < 4.78 is 16.0. The molecule has 5 rings (SSSR count). The van der Waals surface area contributed by atoms with E-state index in [4.69, 9.17) is 14.2 Å². The van der Waals surface area contributed by atoms with Crippen molar-refractivity contribution >= 4 is 34.9 Å². The van der Waals surface area contributed by atoms with E-state index in [0.717, 1.165) is 24.5 Å². The van der Waals surface area contributed by atoms with Gasteiger partial charge in [-0.15, -0.1) is 0 Å². The zero-order valence-corrected chi connectivity index (χ0v) is 18.1. The molecule has 1 aromatic heterocycles. The highest BCUT2D eigenvalue weighted by atomic mass is 16.7. The van der Waals surface area contributed by atoms with Gasteiger partial charge in [0.05, 0.1) is 13.2 Å². The summed E-state index contributed by atoms with van der Waals surface area (Å²) in [6.45, 7) is 5.04. The van der Waals surface area contributed by atoms with E-state index in [1.54, 1.807) is 18.2 Å². The summed E-state index contributed by atoms with van der Waals surface area (Å²) in [5.74, 6) is 2.68. The topological polar surface area (TPSA) is 110 Å². The van der Waals surface area contributed by atoms with E-state index in [-0.39, 0.29) is 12.8 Å². The number of nitrogens with one attached hydrogen (secondary N) is 3. The quantitative estimate of drug-likeness (QED) is 0.542. The van der Waals surface area contributed by atoms with Crippen LogP contribution in [0.4, 0.5) is 33.6 Å². The van der Waals surface area contributed by atoms with E-state index >= 15 is 0 Å². The van der Waals surface area contributed by atoms with Gasteiger partial charge in [-0.3, -0.25) is 0 Å². The molecule has 0 atom stereocenters. The van der Waals surface area contributed by atoms with E-state index < -0.39 is 0 Å². The molecule has 1 saturated heterocycles. The van der Waals surface area contributed by atoms with Crippen molar-refractivity contribution in [3.8, 4) is 11.5 Å². The number of carbonyl (C=O) groups excluding carboxylic acids is 1. The lowest BCUT2D eigenvalue weighted by Crippen LogP contribution is -2.37. The number of hydrogen-bond acceptors (Lipinski definition) is 8. The van der Waals surface area contributed by atoms with E-state index in [2.05, 4.69) is 30.8 Å². The number of morpholine rings is 1. The van der Waals surface area contributed by atoms with Crippen LogP contribution in [0.3, 0.4) is 0 Å². The fraction of sp³-hybridized carbons (Fsp3) is 0.261. The molecule has 3 heterocycles. The lowest BCUT2D eigenvalue weighted by Gasteiger charge is -2.27. The van der Waals surface area contributed by atoms with Gasteiger partial charge in [0.25, 0.3) is 0 Å². The first-order valence-electron chi connectivity index (χ1n) is 10.7. The predicted molar refractivity (Wildman–Crippen MR) is 125 cm³/mol. The van der Waals surface area contributed by atoms with Crippen LogP contribution in [0.25, 0.3) is 0 Å². The number of nitrogens with zero attached hydrogens (tertiary/aromatic N) is 3. The smallest absolute Gasteiger partial charge is 0.323 e. The zero-order valence-electron chi connectivity index (χ0n) is 18.1. The van der Waals surface area contributed by atoms with E-state index in [0.29, 0.717) is 47.9 Å². The number of anilines is 5. The van der Waals surface area contributed by atoms with Crippen molar-refractivity contribution in [3.05, 3.63) is 54.2 Å². The number of hydrogen-bond donors (Lipinski definition) is 3. The second-order valence-electron chi connectivity index (χ2n) is 7.64. The standard InChI is InChI=1S/C23H24N6O4/c1-15-12-21(28-22(24-15)29-8-10-31-11-9-29)25-16-2-4-17(5-3-16)26-23(30)27-18-6-7-19-20(13-18)33-14-32-19/h2-7,12-13H,8-11,14H2,1H3,(H,24,25,28)(H2,26,27,30). The summed E-state index contributed by atoms with van der Waals surface area (Å²) in [6.07, 6.45) is 0. The molecule has 2 aliphatic heterocycles. The molecule has 0 radical (unpaired) electrons. The lowest BCUT2D eigenvalue weighted by molar-refractivity contribution is 0.122. The number of aromatic nitrogens is 2. The first kappa shape index (κ1) is 20.8. The number of urea groups is 1. The second kappa shape index (κ2) is 9.21. The molecule has 0 saturated carbocycles. The third-order valence-corrected chi connectivity index (χ3v) is 5.18. The minimum atomic E-state index is -0.351.